The molecule has 0 saturated heterocycles. The molecule has 8 nitrogen and oxygen atoms in total. The molecule has 0 aliphatic carbocycles. The largest absolute Gasteiger partial charge is 0.478 e. The number of carboxylic acid groups (broad SMARTS) is 1. The van der Waals surface area contributed by atoms with E-state index in [2.05, 4.69) is 10.0 Å². The zero-order valence-electron chi connectivity index (χ0n) is 14.4. The van der Waals surface area contributed by atoms with Gasteiger partial charge in [-0.2, -0.15) is 0 Å². The van der Waals surface area contributed by atoms with Crippen molar-refractivity contribution in [3.63, 3.8) is 0 Å². The van der Waals surface area contributed by atoms with Gasteiger partial charge in [-0.1, -0.05) is 0 Å². The summed E-state index contributed by atoms with van der Waals surface area (Å²) in [4.78, 5) is 11.4. The topological polar surface area (TPSA) is 118 Å². The quantitative estimate of drug-likeness (QED) is 0.510. The monoisotopic (exact) mass is 382 g/mol. The molecule has 2 rings (SSSR count). The van der Waals surface area contributed by atoms with Crippen molar-refractivity contribution in [2.24, 2.45) is 0 Å². The van der Waals surface area contributed by atoms with Gasteiger partial charge in [-0.3, -0.25) is 0 Å². The first-order chi connectivity index (χ1) is 12.4. The number of hydrogen-bond acceptors (Lipinski definition) is 6. The molecule has 0 amide bonds. The van der Waals surface area contributed by atoms with Gasteiger partial charge in [0.25, 0.3) is 0 Å². The molecule has 0 saturated carbocycles. The third kappa shape index (κ3) is 5.58. The third-order valence-electron chi connectivity index (χ3n) is 3.53. The third-order valence-corrected chi connectivity index (χ3v) is 4.93. The van der Waals surface area contributed by atoms with Crippen LogP contribution in [0.25, 0.3) is 0 Å². The Bertz CT molecular complexity index is 818. The molecule has 0 spiro atoms. The highest BCUT2D eigenvalue weighted by Gasteiger charge is 2.19. The van der Waals surface area contributed by atoms with Crippen LogP contribution in [0.2, 0.25) is 0 Å². The molecule has 0 bridgehead atoms. The zero-order valence-corrected chi connectivity index (χ0v) is 15.2. The van der Waals surface area contributed by atoms with Crippen molar-refractivity contribution in [3.05, 3.63) is 47.9 Å². The standard InChI is InChI=1S/C17H22N2O6S/c1-2-24-9-4-8-18-16-7-6-14(11-15(16)17(20)21)26(22,23)19-12-13-5-3-10-25-13/h3,5-7,10-11,18-19H,2,4,8-9,12H2,1H3,(H,20,21). The molecular weight excluding hydrogens is 360 g/mol. The minimum atomic E-state index is -3.86. The van der Waals surface area contributed by atoms with E-state index in [1.807, 2.05) is 6.92 Å². The molecule has 1 aromatic heterocycles. The van der Waals surface area contributed by atoms with Gasteiger partial charge >= 0.3 is 5.97 Å². The highest BCUT2D eigenvalue weighted by atomic mass is 32.2. The van der Waals surface area contributed by atoms with Gasteiger partial charge in [-0.25, -0.2) is 17.9 Å². The van der Waals surface area contributed by atoms with Crippen LogP contribution in [0.4, 0.5) is 5.69 Å². The van der Waals surface area contributed by atoms with Crippen LogP contribution in [-0.2, 0) is 21.3 Å². The number of anilines is 1. The van der Waals surface area contributed by atoms with E-state index in [9.17, 15) is 18.3 Å². The summed E-state index contributed by atoms with van der Waals surface area (Å²) < 4.78 is 37.4. The SMILES string of the molecule is CCOCCCNc1ccc(S(=O)(=O)NCc2ccco2)cc1C(=O)O. The van der Waals surface area contributed by atoms with E-state index in [1.165, 1.54) is 18.4 Å². The summed E-state index contributed by atoms with van der Waals surface area (Å²) in [5.74, 6) is -0.750. The average Bonchev–Trinajstić information content (AvgIpc) is 3.13. The molecule has 0 aliphatic rings. The predicted molar refractivity (Wildman–Crippen MR) is 95.7 cm³/mol. The Balaban J connectivity index is 2.09. The van der Waals surface area contributed by atoms with Gasteiger partial charge in [-0.05, 0) is 43.7 Å². The minimum absolute atomic E-state index is 0.0187. The van der Waals surface area contributed by atoms with E-state index in [-0.39, 0.29) is 17.0 Å². The molecule has 9 heteroatoms. The first-order valence-electron chi connectivity index (χ1n) is 8.15. The fourth-order valence-electron chi connectivity index (χ4n) is 2.23. The summed E-state index contributed by atoms with van der Waals surface area (Å²) in [6.45, 7) is 3.58. The van der Waals surface area contributed by atoms with Crippen LogP contribution in [0.3, 0.4) is 0 Å². The summed E-state index contributed by atoms with van der Waals surface area (Å²) in [6, 6.07) is 7.24. The molecule has 1 aromatic carbocycles. The normalized spacial score (nSPS) is 11.4. The van der Waals surface area contributed by atoms with Gasteiger partial charge in [0.05, 0.1) is 23.3 Å². The van der Waals surface area contributed by atoms with Crippen molar-refractivity contribution in [2.45, 2.75) is 24.8 Å². The Hall–Kier alpha value is -2.36. The average molecular weight is 382 g/mol. The number of aromatic carboxylic acids is 1. The van der Waals surface area contributed by atoms with Crippen molar-refractivity contribution in [3.8, 4) is 0 Å². The number of hydrogen-bond donors (Lipinski definition) is 3. The zero-order chi connectivity index (χ0) is 19.0. The van der Waals surface area contributed by atoms with Crippen LogP contribution in [0.1, 0.15) is 29.5 Å². The maximum Gasteiger partial charge on any atom is 0.337 e. The number of rotatable bonds is 11. The molecule has 142 valence electrons. The summed E-state index contributed by atoms with van der Waals surface area (Å²) in [5, 5.41) is 12.4. The highest BCUT2D eigenvalue weighted by molar-refractivity contribution is 7.89. The Morgan fingerprint density at radius 2 is 2.12 bits per heavy atom. The van der Waals surface area contributed by atoms with E-state index in [4.69, 9.17) is 9.15 Å². The second kappa shape index (κ2) is 9.37. The van der Waals surface area contributed by atoms with Gasteiger partial charge in [0.1, 0.15) is 5.76 Å². The second-order valence-electron chi connectivity index (χ2n) is 5.39. The molecular formula is C17H22N2O6S. The Labute approximate surface area is 152 Å². The molecule has 2 aromatic rings. The number of sulfonamides is 1. The number of benzene rings is 1. The molecule has 0 aliphatic heterocycles. The van der Waals surface area contributed by atoms with E-state index in [0.717, 1.165) is 6.07 Å². The molecule has 0 radical (unpaired) electrons. The van der Waals surface area contributed by atoms with Crippen molar-refractivity contribution >= 4 is 21.7 Å². The molecule has 3 N–H and O–H groups in total. The van der Waals surface area contributed by atoms with Crippen molar-refractivity contribution in [1.29, 1.82) is 0 Å². The lowest BCUT2D eigenvalue weighted by molar-refractivity contribution is 0.0697. The van der Waals surface area contributed by atoms with Gasteiger partial charge in [-0.15, -0.1) is 0 Å². The maximum atomic E-state index is 12.4. The van der Waals surface area contributed by atoms with Crippen LogP contribution in [0, 0.1) is 0 Å². The minimum Gasteiger partial charge on any atom is -0.478 e. The van der Waals surface area contributed by atoms with Gasteiger partial charge in [0.2, 0.25) is 10.0 Å². The lowest BCUT2D eigenvalue weighted by Crippen LogP contribution is -2.23. The number of ether oxygens (including phenoxy) is 1. The number of nitrogens with one attached hydrogen (secondary N) is 2. The van der Waals surface area contributed by atoms with E-state index in [1.54, 1.807) is 12.1 Å². The summed E-state index contributed by atoms with van der Waals surface area (Å²) >= 11 is 0. The Morgan fingerprint density at radius 3 is 2.77 bits per heavy atom. The van der Waals surface area contributed by atoms with Crippen LogP contribution >= 0.6 is 0 Å². The van der Waals surface area contributed by atoms with Crippen molar-refractivity contribution < 1.29 is 27.5 Å². The summed E-state index contributed by atoms with van der Waals surface area (Å²) in [5.41, 5.74) is 0.251. The van der Waals surface area contributed by atoms with E-state index < -0.39 is 16.0 Å². The lowest BCUT2D eigenvalue weighted by atomic mass is 10.2. The summed E-state index contributed by atoms with van der Waals surface area (Å²) in [7, 11) is -3.86. The fraction of sp³-hybridized carbons (Fsp3) is 0.353. The van der Waals surface area contributed by atoms with E-state index in [0.29, 0.717) is 37.6 Å². The highest BCUT2D eigenvalue weighted by Crippen LogP contribution is 2.21. The van der Waals surface area contributed by atoms with Crippen LogP contribution < -0.4 is 10.0 Å². The second-order valence-corrected chi connectivity index (χ2v) is 7.16. The molecule has 1 heterocycles. The van der Waals surface area contributed by atoms with Crippen LogP contribution in [0.5, 0.6) is 0 Å². The summed E-state index contributed by atoms with van der Waals surface area (Å²) in [6.07, 6.45) is 2.15. The van der Waals surface area contributed by atoms with E-state index >= 15 is 0 Å². The first kappa shape index (κ1) is 20.0. The molecule has 26 heavy (non-hydrogen) atoms. The number of carboxylic acids is 1. The maximum absolute atomic E-state index is 12.4. The Morgan fingerprint density at radius 1 is 1.31 bits per heavy atom. The smallest absolute Gasteiger partial charge is 0.337 e. The van der Waals surface area contributed by atoms with Crippen LogP contribution in [0.15, 0.2) is 45.9 Å². The molecule has 0 unspecified atom stereocenters. The fourth-order valence-corrected chi connectivity index (χ4v) is 3.25. The number of carbonyl (C=O) groups is 1. The van der Waals surface area contributed by atoms with Gasteiger partial charge in [0.15, 0.2) is 0 Å². The van der Waals surface area contributed by atoms with Crippen molar-refractivity contribution in [1.82, 2.24) is 4.72 Å². The number of furan rings is 1. The van der Waals surface area contributed by atoms with Crippen molar-refractivity contribution in [2.75, 3.05) is 25.1 Å². The van der Waals surface area contributed by atoms with Gasteiger partial charge in [0, 0.05) is 25.4 Å². The first-order valence-corrected chi connectivity index (χ1v) is 9.63. The van der Waals surface area contributed by atoms with Gasteiger partial charge < -0.3 is 19.6 Å². The van der Waals surface area contributed by atoms with Crippen LogP contribution in [-0.4, -0.2) is 39.3 Å². The lowest BCUT2D eigenvalue weighted by Gasteiger charge is -2.12. The molecule has 0 fully saturated rings. The Kier molecular flexibility index (Phi) is 7.19. The predicted octanol–water partition coefficient (Wildman–Crippen LogP) is 2.29. The molecule has 0 atom stereocenters.